The number of hydrogen-bond donors (Lipinski definition) is 2. The van der Waals surface area contributed by atoms with Crippen LogP contribution in [0.15, 0.2) is 67.3 Å². The highest BCUT2D eigenvalue weighted by Crippen LogP contribution is 2.31. The average Bonchev–Trinajstić information content (AvgIpc) is 3.55. The summed E-state index contributed by atoms with van der Waals surface area (Å²) < 4.78 is 0. The largest absolute Gasteiger partial charge is 0.345 e. The van der Waals surface area contributed by atoms with E-state index in [1.54, 1.807) is 6.33 Å². The minimum atomic E-state index is 0.0638. The number of nitrogens with zero attached hydrogens (tertiary/aromatic N) is 3. The number of imidazole rings is 2. The Morgan fingerprint density at radius 3 is 2.17 bits per heavy atom. The fourth-order valence-corrected chi connectivity index (χ4v) is 3.96. The Hall–Kier alpha value is -3.67. The molecule has 0 radical (unpaired) electrons. The Balaban J connectivity index is 1.35. The highest BCUT2D eigenvalue weighted by Gasteiger charge is 2.27. The number of rotatable bonds is 5. The summed E-state index contributed by atoms with van der Waals surface area (Å²) >= 11 is 0. The zero-order chi connectivity index (χ0) is 19.6. The summed E-state index contributed by atoms with van der Waals surface area (Å²) in [5.74, 6) is 0.864. The van der Waals surface area contributed by atoms with Crippen LogP contribution in [-0.4, -0.2) is 37.8 Å². The number of amides is 1. The Labute approximate surface area is 168 Å². The third-order valence-electron chi connectivity index (χ3n) is 5.56. The topological polar surface area (TPSA) is 77.7 Å². The summed E-state index contributed by atoms with van der Waals surface area (Å²) in [7, 11) is 0. The molecule has 1 saturated heterocycles. The van der Waals surface area contributed by atoms with Gasteiger partial charge < -0.3 is 14.9 Å². The van der Waals surface area contributed by atoms with Gasteiger partial charge in [-0.3, -0.25) is 4.79 Å². The molecule has 1 aliphatic rings. The maximum Gasteiger partial charge on any atom is 0.210 e. The van der Waals surface area contributed by atoms with E-state index in [1.165, 1.54) is 0 Å². The van der Waals surface area contributed by atoms with Gasteiger partial charge in [-0.15, -0.1) is 0 Å². The molecular weight excluding hydrogens is 362 g/mol. The lowest BCUT2D eigenvalue weighted by Crippen LogP contribution is -2.21. The number of aromatic amines is 2. The molecule has 6 heteroatoms. The van der Waals surface area contributed by atoms with Gasteiger partial charge in [-0.25, -0.2) is 9.97 Å². The van der Waals surface area contributed by atoms with Crippen molar-refractivity contribution >= 4 is 6.41 Å². The minimum absolute atomic E-state index is 0.0638. The van der Waals surface area contributed by atoms with Crippen molar-refractivity contribution in [2.45, 2.75) is 18.9 Å². The van der Waals surface area contributed by atoms with Crippen molar-refractivity contribution < 1.29 is 4.79 Å². The third-order valence-corrected chi connectivity index (χ3v) is 5.56. The summed E-state index contributed by atoms with van der Waals surface area (Å²) in [5, 5.41) is 0. The maximum atomic E-state index is 11.2. The van der Waals surface area contributed by atoms with Gasteiger partial charge in [0.05, 0.1) is 36.2 Å². The summed E-state index contributed by atoms with van der Waals surface area (Å²) in [5.41, 5.74) is 6.50. The van der Waals surface area contributed by atoms with Crippen LogP contribution in [-0.2, 0) is 4.79 Å². The third kappa shape index (κ3) is 3.33. The van der Waals surface area contributed by atoms with Crippen LogP contribution >= 0.6 is 0 Å². The van der Waals surface area contributed by atoms with E-state index in [-0.39, 0.29) is 6.04 Å². The van der Waals surface area contributed by atoms with E-state index in [2.05, 4.69) is 68.5 Å². The Bertz CT molecular complexity index is 1100. The number of carbonyl (C=O) groups excluding carboxylic acids is 1. The Morgan fingerprint density at radius 1 is 0.897 bits per heavy atom. The number of hydrogen-bond acceptors (Lipinski definition) is 3. The molecule has 2 aromatic heterocycles. The van der Waals surface area contributed by atoms with Gasteiger partial charge >= 0.3 is 0 Å². The number of likely N-dealkylation sites (tertiary alicyclic amines) is 1. The van der Waals surface area contributed by atoms with Gasteiger partial charge in [0.25, 0.3) is 0 Å². The van der Waals surface area contributed by atoms with Gasteiger partial charge in [-0.2, -0.15) is 0 Å². The van der Waals surface area contributed by atoms with E-state index in [0.29, 0.717) is 0 Å². The molecule has 1 aliphatic heterocycles. The molecule has 29 heavy (non-hydrogen) atoms. The fraction of sp³-hybridized carbons (Fsp3) is 0.174. The molecule has 1 amide bonds. The van der Waals surface area contributed by atoms with Crippen molar-refractivity contribution in [3.05, 3.63) is 73.1 Å². The molecule has 1 atom stereocenters. The second kappa shape index (κ2) is 7.39. The van der Waals surface area contributed by atoms with Crippen molar-refractivity contribution in [2.24, 2.45) is 0 Å². The molecule has 5 rings (SSSR count). The Kier molecular flexibility index (Phi) is 4.44. The predicted molar refractivity (Wildman–Crippen MR) is 112 cm³/mol. The molecule has 2 aromatic carbocycles. The summed E-state index contributed by atoms with van der Waals surface area (Å²) in [4.78, 5) is 28.1. The monoisotopic (exact) mass is 383 g/mol. The highest BCUT2D eigenvalue weighted by molar-refractivity contribution is 5.71. The quantitative estimate of drug-likeness (QED) is 0.501. The molecule has 3 heterocycles. The summed E-state index contributed by atoms with van der Waals surface area (Å²) in [6, 6.07) is 16.9. The second-order valence-electron chi connectivity index (χ2n) is 7.30. The molecule has 6 nitrogen and oxygen atoms in total. The number of H-pyrrole nitrogens is 2. The van der Waals surface area contributed by atoms with Crippen molar-refractivity contribution in [1.29, 1.82) is 0 Å². The van der Waals surface area contributed by atoms with Crippen LogP contribution in [0.25, 0.3) is 33.6 Å². The maximum absolute atomic E-state index is 11.2. The van der Waals surface area contributed by atoms with Crippen molar-refractivity contribution in [3.8, 4) is 33.6 Å². The fourth-order valence-electron chi connectivity index (χ4n) is 3.96. The van der Waals surface area contributed by atoms with Crippen LogP contribution in [0, 0.1) is 0 Å². The number of nitrogens with one attached hydrogen (secondary N) is 2. The standard InChI is InChI=1S/C23H21N5O/c29-15-28-11-1-2-22(28)23-25-13-21(27-23)19-9-5-17(6-10-19)16-3-7-18(8-4-16)20-12-24-14-26-20/h3-10,12-15,22H,1-2,11H2,(H,24,26)(H,25,27). The lowest BCUT2D eigenvalue weighted by atomic mass is 10.0. The van der Waals surface area contributed by atoms with Gasteiger partial charge in [-0.05, 0) is 35.1 Å². The molecule has 0 bridgehead atoms. The van der Waals surface area contributed by atoms with Crippen LogP contribution in [0.5, 0.6) is 0 Å². The van der Waals surface area contributed by atoms with Gasteiger partial charge in [0.1, 0.15) is 5.82 Å². The van der Waals surface area contributed by atoms with Crippen molar-refractivity contribution in [1.82, 2.24) is 24.8 Å². The van der Waals surface area contributed by atoms with E-state index in [9.17, 15) is 4.79 Å². The molecule has 4 aromatic rings. The first-order valence-electron chi connectivity index (χ1n) is 9.77. The summed E-state index contributed by atoms with van der Waals surface area (Å²) in [6.45, 7) is 0.804. The zero-order valence-electron chi connectivity index (χ0n) is 15.9. The lowest BCUT2D eigenvalue weighted by Gasteiger charge is -2.17. The van der Waals surface area contributed by atoms with E-state index in [4.69, 9.17) is 0 Å². The highest BCUT2D eigenvalue weighted by atomic mass is 16.1. The number of benzene rings is 2. The van der Waals surface area contributed by atoms with E-state index >= 15 is 0 Å². The van der Waals surface area contributed by atoms with E-state index in [0.717, 1.165) is 65.3 Å². The van der Waals surface area contributed by atoms with Gasteiger partial charge in [0.15, 0.2) is 0 Å². The van der Waals surface area contributed by atoms with Crippen LogP contribution in [0.1, 0.15) is 24.7 Å². The minimum Gasteiger partial charge on any atom is -0.345 e. The normalized spacial score (nSPS) is 16.3. The van der Waals surface area contributed by atoms with Gasteiger partial charge in [-0.1, -0.05) is 48.5 Å². The zero-order valence-corrected chi connectivity index (χ0v) is 15.9. The smallest absolute Gasteiger partial charge is 0.210 e. The van der Waals surface area contributed by atoms with E-state index in [1.807, 2.05) is 17.3 Å². The van der Waals surface area contributed by atoms with Crippen molar-refractivity contribution in [2.75, 3.05) is 6.54 Å². The lowest BCUT2D eigenvalue weighted by molar-refractivity contribution is -0.119. The van der Waals surface area contributed by atoms with Crippen LogP contribution in [0.3, 0.4) is 0 Å². The second-order valence-corrected chi connectivity index (χ2v) is 7.30. The average molecular weight is 383 g/mol. The first kappa shape index (κ1) is 17.4. The SMILES string of the molecule is O=CN1CCCC1c1ncc(-c2ccc(-c3ccc(-c4cnc[nH]4)cc3)cc2)[nH]1. The molecular formula is C23H21N5O. The van der Waals surface area contributed by atoms with E-state index < -0.39 is 0 Å². The number of aromatic nitrogens is 4. The number of carbonyl (C=O) groups is 1. The molecule has 0 spiro atoms. The van der Waals surface area contributed by atoms with Crippen LogP contribution in [0.2, 0.25) is 0 Å². The van der Waals surface area contributed by atoms with Crippen LogP contribution in [0.4, 0.5) is 0 Å². The molecule has 144 valence electrons. The van der Waals surface area contributed by atoms with Crippen molar-refractivity contribution in [3.63, 3.8) is 0 Å². The van der Waals surface area contributed by atoms with Crippen LogP contribution < -0.4 is 0 Å². The first-order valence-corrected chi connectivity index (χ1v) is 9.77. The predicted octanol–water partition coefficient (Wildman–Crippen LogP) is 4.43. The first-order chi connectivity index (χ1) is 14.3. The Morgan fingerprint density at radius 2 is 1.55 bits per heavy atom. The molecule has 1 unspecified atom stereocenters. The molecule has 0 saturated carbocycles. The molecule has 1 fully saturated rings. The summed E-state index contributed by atoms with van der Waals surface area (Å²) in [6.07, 6.45) is 8.26. The molecule has 0 aliphatic carbocycles. The van der Waals surface area contributed by atoms with Gasteiger partial charge in [0.2, 0.25) is 6.41 Å². The molecule has 2 N–H and O–H groups in total. The van der Waals surface area contributed by atoms with Gasteiger partial charge in [0, 0.05) is 6.54 Å².